The summed E-state index contributed by atoms with van der Waals surface area (Å²) in [5.74, 6) is -4.41. The molecule has 1 aromatic carbocycles. The zero-order valence-electron chi connectivity index (χ0n) is 15.0. The summed E-state index contributed by atoms with van der Waals surface area (Å²) in [6, 6.07) is 9.35. The van der Waals surface area contributed by atoms with Crippen LogP contribution in [-0.2, 0) is 9.53 Å². The van der Waals surface area contributed by atoms with E-state index in [2.05, 4.69) is 11.1 Å². The molecule has 0 aliphatic heterocycles. The Morgan fingerprint density at radius 1 is 1.25 bits per heavy atom. The molecular formula is C21H18F2N2O3. The summed E-state index contributed by atoms with van der Waals surface area (Å²) in [5.41, 5.74) is 1.01. The van der Waals surface area contributed by atoms with Gasteiger partial charge in [-0.25, -0.2) is 8.78 Å². The number of hydrogen-bond acceptors (Lipinski definition) is 5. The van der Waals surface area contributed by atoms with E-state index >= 15 is 0 Å². The minimum absolute atomic E-state index is 0.0126. The molecule has 2 bridgehead atoms. The number of ether oxygens (including phenoxy) is 2. The second-order valence-corrected chi connectivity index (χ2v) is 7.87. The summed E-state index contributed by atoms with van der Waals surface area (Å²) in [6.07, 6.45) is 2.68. The van der Waals surface area contributed by atoms with Gasteiger partial charge in [0.2, 0.25) is 0 Å². The molecule has 2 aromatic rings. The molecule has 0 radical (unpaired) electrons. The molecule has 1 aromatic heterocycles. The number of para-hydroxylation sites is 1. The second-order valence-electron chi connectivity index (χ2n) is 7.87. The van der Waals surface area contributed by atoms with Gasteiger partial charge >= 0.3 is 5.97 Å². The molecule has 3 fully saturated rings. The van der Waals surface area contributed by atoms with Gasteiger partial charge < -0.3 is 9.47 Å². The van der Waals surface area contributed by atoms with Crippen molar-refractivity contribution in [3.63, 3.8) is 0 Å². The number of pyridine rings is 1. The van der Waals surface area contributed by atoms with Crippen LogP contribution in [0.15, 0.2) is 30.5 Å². The van der Waals surface area contributed by atoms with Gasteiger partial charge in [0.25, 0.3) is 5.92 Å². The number of carbonyl (C=O) groups excluding carboxylic acids is 1. The van der Waals surface area contributed by atoms with Crippen LogP contribution >= 0.6 is 0 Å². The Hall–Kier alpha value is -2.75. The topological polar surface area (TPSA) is 72.2 Å². The van der Waals surface area contributed by atoms with E-state index in [1.807, 2.05) is 24.3 Å². The lowest BCUT2D eigenvalue weighted by Gasteiger charge is -2.19. The van der Waals surface area contributed by atoms with Gasteiger partial charge in [-0.1, -0.05) is 12.1 Å². The van der Waals surface area contributed by atoms with E-state index < -0.39 is 29.6 Å². The molecule has 5 atom stereocenters. The maximum atomic E-state index is 13.7. The largest absolute Gasteiger partial charge is 0.488 e. The molecule has 0 saturated heterocycles. The van der Waals surface area contributed by atoms with Gasteiger partial charge in [-0.3, -0.25) is 9.78 Å². The number of nitriles is 1. The highest BCUT2D eigenvalue weighted by Gasteiger charge is 2.80. The summed E-state index contributed by atoms with van der Waals surface area (Å²) in [7, 11) is 0. The van der Waals surface area contributed by atoms with E-state index in [1.54, 1.807) is 0 Å². The van der Waals surface area contributed by atoms with E-state index in [0.717, 1.165) is 6.42 Å². The fourth-order valence-corrected chi connectivity index (χ4v) is 5.35. The Kier molecular flexibility index (Phi) is 3.80. The molecule has 5 unspecified atom stereocenters. The first-order valence-corrected chi connectivity index (χ1v) is 9.47. The zero-order valence-corrected chi connectivity index (χ0v) is 15.0. The van der Waals surface area contributed by atoms with Crippen molar-refractivity contribution in [1.82, 2.24) is 4.98 Å². The van der Waals surface area contributed by atoms with Crippen LogP contribution in [0, 0.1) is 40.9 Å². The summed E-state index contributed by atoms with van der Waals surface area (Å²) in [5, 5.41) is 9.99. The number of alkyl halides is 2. The molecule has 28 heavy (non-hydrogen) atoms. The number of esters is 1. The molecule has 5 rings (SSSR count). The van der Waals surface area contributed by atoms with Crippen molar-refractivity contribution in [1.29, 1.82) is 5.26 Å². The number of halogens is 2. The number of hydrogen-bond donors (Lipinski definition) is 0. The lowest BCUT2D eigenvalue weighted by molar-refractivity contribution is -0.151. The van der Waals surface area contributed by atoms with E-state index in [0.29, 0.717) is 28.6 Å². The average molecular weight is 384 g/mol. The highest BCUT2D eigenvalue weighted by molar-refractivity contribution is 5.87. The first-order chi connectivity index (χ1) is 13.5. The quantitative estimate of drug-likeness (QED) is 0.582. The van der Waals surface area contributed by atoms with Crippen molar-refractivity contribution in [3.05, 3.63) is 36.0 Å². The minimum Gasteiger partial charge on any atom is -0.488 e. The zero-order chi connectivity index (χ0) is 19.5. The molecule has 1 heterocycles. The molecule has 7 heteroatoms. The van der Waals surface area contributed by atoms with E-state index in [1.165, 1.54) is 6.20 Å². The number of fused-ring (bicyclic) bond motifs is 6. The Balaban J connectivity index is 1.20. The first kappa shape index (κ1) is 17.4. The fourth-order valence-electron chi connectivity index (χ4n) is 5.35. The summed E-state index contributed by atoms with van der Waals surface area (Å²) in [4.78, 5) is 16.6. The van der Waals surface area contributed by atoms with E-state index in [9.17, 15) is 18.8 Å². The van der Waals surface area contributed by atoms with Crippen LogP contribution in [0.5, 0.6) is 5.75 Å². The fraction of sp³-hybridized carbons (Fsp3) is 0.476. The lowest BCUT2D eigenvalue weighted by Crippen LogP contribution is -2.26. The first-order valence-electron chi connectivity index (χ1n) is 9.47. The van der Waals surface area contributed by atoms with Crippen LogP contribution in [0.3, 0.4) is 0 Å². The van der Waals surface area contributed by atoms with E-state index in [4.69, 9.17) is 9.47 Å². The molecule has 0 spiro atoms. The van der Waals surface area contributed by atoms with Crippen LogP contribution in [0.25, 0.3) is 10.9 Å². The third-order valence-corrected chi connectivity index (χ3v) is 6.51. The molecule has 3 aliphatic rings. The predicted octanol–water partition coefficient (Wildman–Crippen LogP) is 3.57. The van der Waals surface area contributed by atoms with Crippen LogP contribution in [0.2, 0.25) is 0 Å². The lowest BCUT2D eigenvalue weighted by atomic mass is 9.89. The van der Waals surface area contributed by atoms with Gasteiger partial charge in [0, 0.05) is 23.4 Å². The molecule has 5 nitrogen and oxygen atoms in total. The summed E-state index contributed by atoms with van der Waals surface area (Å²) < 4.78 is 38.5. The van der Waals surface area contributed by atoms with Crippen LogP contribution in [-0.4, -0.2) is 30.1 Å². The van der Waals surface area contributed by atoms with Gasteiger partial charge in [-0.2, -0.15) is 5.26 Å². The van der Waals surface area contributed by atoms with E-state index in [-0.39, 0.29) is 25.0 Å². The Morgan fingerprint density at radius 3 is 2.86 bits per heavy atom. The van der Waals surface area contributed by atoms with Gasteiger partial charge in [0.15, 0.2) is 0 Å². The van der Waals surface area contributed by atoms with Crippen LogP contribution in [0.4, 0.5) is 8.78 Å². The van der Waals surface area contributed by atoms with Crippen LogP contribution < -0.4 is 4.74 Å². The number of benzene rings is 1. The Morgan fingerprint density at radius 2 is 2.07 bits per heavy atom. The maximum Gasteiger partial charge on any atom is 0.309 e. The van der Waals surface area contributed by atoms with Crippen molar-refractivity contribution in [3.8, 4) is 11.8 Å². The third-order valence-electron chi connectivity index (χ3n) is 6.51. The molecule has 0 N–H and O–H groups in total. The molecular weight excluding hydrogens is 366 g/mol. The number of rotatable bonds is 5. The Bertz CT molecular complexity index is 1000. The van der Waals surface area contributed by atoms with Crippen molar-refractivity contribution < 1.29 is 23.0 Å². The maximum absolute atomic E-state index is 13.7. The predicted molar refractivity (Wildman–Crippen MR) is 94.5 cm³/mol. The number of aromatic nitrogens is 1. The Labute approximate surface area is 160 Å². The summed E-state index contributed by atoms with van der Waals surface area (Å²) in [6.45, 7) is 0.0934. The standard InChI is InChI=1S/C21H18F2N2O3/c22-21(23)17-11-7-14(18(17)21)15(8-11)20(26)28-6-5-27-19-12(9-24)10-25-16-4-2-1-3-13(16)19/h1-4,10-11,14-15,17-18H,5-8H2. The van der Waals surface area contributed by atoms with Crippen LogP contribution in [0.1, 0.15) is 18.4 Å². The molecule has 3 saturated carbocycles. The van der Waals surface area contributed by atoms with Gasteiger partial charge in [0.1, 0.15) is 30.6 Å². The minimum atomic E-state index is -2.58. The van der Waals surface area contributed by atoms with Crippen molar-refractivity contribution in [2.75, 3.05) is 13.2 Å². The monoisotopic (exact) mass is 384 g/mol. The van der Waals surface area contributed by atoms with Crippen molar-refractivity contribution in [2.24, 2.45) is 29.6 Å². The van der Waals surface area contributed by atoms with Gasteiger partial charge in [0.05, 0.1) is 11.4 Å². The van der Waals surface area contributed by atoms with Crippen molar-refractivity contribution in [2.45, 2.75) is 18.8 Å². The smallest absolute Gasteiger partial charge is 0.309 e. The van der Waals surface area contributed by atoms with Gasteiger partial charge in [-0.05, 0) is 36.8 Å². The molecule has 0 amide bonds. The normalized spacial score (nSPS) is 31.2. The van der Waals surface area contributed by atoms with Crippen molar-refractivity contribution >= 4 is 16.9 Å². The van der Waals surface area contributed by atoms with Gasteiger partial charge in [-0.15, -0.1) is 0 Å². The summed E-state index contributed by atoms with van der Waals surface area (Å²) >= 11 is 0. The highest BCUT2D eigenvalue weighted by Crippen LogP contribution is 2.75. The average Bonchev–Trinajstić information content (AvgIpc) is 3.04. The molecule has 3 aliphatic carbocycles. The number of nitrogens with zero attached hydrogens (tertiary/aromatic N) is 2. The third kappa shape index (κ3) is 2.47. The highest BCUT2D eigenvalue weighted by atomic mass is 19.3. The number of carbonyl (C=O) groups is 1. The second kappa shape index (κ2) is 6.13. The SMILES string of the molecule is N#Cc1cnc2ccccc2c1OCCOC(=O)C1CC2CC1C1C2C1(F)F. The molecule has 144 valence electrons.